The molecule has 1 N–H and O–H groups in total. The number of ether oxygens (including phenoxy) is 2. The van der Waals surface area contributed by atoms with E-state index in [9.17, 15) is 14.7 Å². The predicted octanol–water partition coefficient (Wildman–Crippen LogP) is 6.29. The van der Waals surface area contributed by atoms with Crippen LogP contribution in [0.4, 0.5) is 0 Å². The largest absolute Gasteiger partial charge is 0.469 e. The third-order valence-electron chi connectivity index (χ3n) is 13.4. The van der Waals surface area contributed by atoms with Gasteiger partial charge < -0.3 is 14.6 Å². The number of hydrogen-bond acceptors (Lipinski definition) is 5. The Balaban J connectivity index is 1.67. The maximum atomic E-state index is 14.5. The lowest BCUT2D eigenvalue weighted by molar-refractivity contribution is -0.193. The number of carbonyl (C=O) groups excluding carboxylic acids is 2. The first-order valence-corrected chi connectivity index (χ1v) is 14.8. The van der Waals surface area contributed by atoms with Crippen molar-refractivity contribution in [3.05, 3.63) is 23.8 Å². The second-order valence-corrected chi connectivity index (χ2v) is 15.3. The summed E-state index contributed by atoms with van der Waals surface area (Å²) in [7, 11) is 3.24. The number of ketones is 1. The average molecular weight is 527 g/mol. The number of fused-ring (bicyclic) bond motifs is 7. The summed E-state index contributed by atoms with van der Waals surface area (Å²) in [5, 5.41) is 10.7. The smallest absolute Gasteiger partial charge is 0.312 e. The van der Waals surface area contributed by atoms with Gasteiger partial charge in [-0.3, -0.25) is 9.59 Å². The van der Waals surface area contributed by atoms with Crippen molar-refractivity contribution in [3.63, 3.8) is 0 Å². The average Bonchev–Trinajstić information content (AvgIpc) is 2.86. The molecule has 5 heteroatoms. The minimum absolute atomic E-state index is 0.00864. The summed E-state index contributed by atoms with van der Waals surface area (Å²) in [6, 6.07) is 0. The van der Waals surface area contributed by atoms with Gasteiger partial charge in [0.25, 0.3) is 0 Å². The van der Waals surface area contributed by atoms with Crippen LogP contribution in [0.3, 0.4) is 0 Å². The van der Waals surface area contributed by atoms with E-state index < -0.39 is 10.8 Å². The Hall–Kier alpha value is -1.46. The molecule has 5 aliphatic carbocycles. The number of rotatable bonds is 3. The number of esters is 1. The molecule has 0 aromatic heterocycles. The topological polar surface area (TPSA) is 72.8 Å². The fourth-order valence-electron chi connectivity index (χ4n) is 10.8. The Morgan fingerprint density at radius 1 is 1.03 bits per heavy atom. The van der Waals surface area contributed by atoms with E-state index in [1.54, 1.807) is 7.11 Å². The molecule has 38 heavy (non-hydrogen) atoms. The van der Waals surface area contributed by atoms with Crippen molar-refractivity contribution in [3.8, 4) is 0 Å². The quantitative estimate of drug-likeness (QED) is 0.345. The van der Waals surface area contributed by atoms with E-state index in [0.717, 1.165) is 56.9 Å². The zero-order valence-electron chi connectivity index (χ0n) is 25.0. The maximum absolute atomic E-state index is 14.5. The van der Waals surface area contributed by atoms with Crippen molar-refractivity contribution < 1.29 is 24.2 Å². The van der Waals surface area contributed by atoms with Crippen LogP contribution >= 0.6 is 0 Å². The van der Waals surface area contributed by atoms with E-state index >= 15 is 0 Å². The zero-order valence-corrected chi connectivity index (χ0v) is 25.0. The van der Waals surface area contributed by atoms with E-state index in [-0.39, 0.29) is 63.9 Å². The van der Waals surface area contributed by atoms with Crippen LogP contribution in [0.2, 0.25) is 0 Å². The summed E-state index contributed by atoms with van der Waals surface area (Å²) in [6.45, 7) is 18.2. The SMILES string of the molecule is C=C1[C@H](OC)C[C@]2(C)C3=CC(=O)[C@@H]4[C@@H]5CC(C)(C)CC[C@]5(C(=O)OC)CC[C@@]4(C)[C@]3(C)CC[C@H]2[C@@]1(C)CO. The second-order valence-electron chi connectivity index (χ2n) is 15.3. The summed E-state index contributed by atoms with van der Waals surface area (Å²) in [5.41, 5.74) is 0.596. The van der Waals surface area contributed by atoms with Crippen LogP contribution in [0.5, 0.6) is 0 Å². The molecule has 0 radical (unpaired) electrons. The molecular weight excluding hydrogens is 476 g/mol. The summed E-state index contributed by atoms with van der Waals surface area (Å²) < 4.78 is 11.4. The Kier molecular flexibility index (Phi) is 6.30. The van der Waals surface area contributed by atoms with E-state index in [1.165, 1.54) is 12.7 Å². The first-order chi connectivity index (χ1) is 17.6. The van der Waals surface area contributed by atoms with Crippen molar-refractivity contribution >= 4 is 11.8 Å². The highest BCUT2D eigenvalue weighted by Crippen LogP contribution is 2.75. The molecular formula is C33H50O5. The van der Waals surface area contributed by atoms with Crippen LogP contribution in [0.15, 0.2) is 23.8 Å². The molecule has 212 valence electrons. The van der Waals surface area contributed by atoms with E-state index in [4.69, 9.17) is 9.47 Å². The minimum atomic E-state index is -0.563. The van der Waals surface area contributed by atoms with Gasteiger partial charge >= 0.3 is 5.97 Å². The van der Waals surface area contributed by atoms with Gasteiger partial charge in [-0.2, -0.15) is 0 Å². The van der Waals surface area contributed by atoms with Gasteiger partial charge in [0.05, 0.1) is 25.2 Å². The summed E-state index contributed by atoms with van der Waals surface area (Å²) in [5.74, 6) is 0.0746. The van der Waals surface area contributed by atoms with Crippen LogP contribution in [-0.2, 0) is 19.1 Å². The Labute approximate surface area is 229 Å². The first kappa shape index (κ1) is 28.1. The van der Waals surface area contributed by atoms with Gasteiger partial charge in [0.2, 0.25) is 0 Å². The highest BCUT2D eigenvalue weighted by atomic mass is 16.5. The van der Waals surface area contributed by atoms with Gasteiger partial charge in [-0.1, -0.05) is 53.7 Å². The van der Waals surface area contributed by atoms with Crippen molar-refractivity contribution in [1.82, 2.24) is 0 Å². The fourth-order valence-corrected chi connectivity index (χ4v) is 10.8. The van der Waals surface area contributed by atoms with E-state index in [2.05, 4.69) is 48.1 Å². The lowest BCUT2D eigenvalue weighted by Crippen LogP contribution is -2.66. The van der Waals surface area contributed by atoms with Gasteiger partial charge in [0.1, 0.15) is 0 Å². The second kappa shape index (κ2) is 8.52. The van der Waals surface area contributed by atoms with Crippen LogP contribution in [0, 0.1) is 50.2 Å². The first-order valence-electron chi connectivity index (χ1n) is 14.8. The van der Waals surface area contributed by atoms with Crippen LogP contribution in [0.1, 0.15) is 92.9 Å². The highest BCUT2D eigenvalue weighted by molar-refractivity contribution is 5.96. The van der Waals surface area contributed by atoms with Gasteiger partial charge in [-0.05, 0) is 96.5 Å². The molecule has 0 saturated heterocycles. The van der Waals surface area contributed by atoms with Crippen LogP contribution in [0.25, 0.3) is 0 Å². The number of hydrogen-bond donors (Lipinski definition) is 1. The molecule has 0 aliphatic heterocycles. The molecule has 0 aromatic carbocycles. The number of allylic oxidation sites excluding steroid dienone is 2. The standard InChI is InChI=1S/C33H50O5/c1-20-23(37-8)18-29(4)24(30(20,5)19-34)10-11-31(6)25(29)16-22(35)26-21-17-28(2,3)12-14-33(21,27(36)38-9)15-13-32(26,31)7/h16,21,23-24,26,34H,1,10-15,17-19H2,2-9H3/t21-,23+,24+,26-,29-,30-,31+,32+,33-/m0/s1. The summed E-state index contributed by atoms with van der Waals surface area (Å²) in [6.07, 6.45) is 8.88. The molecule has 0 spiro atoms. The molecule has 5 rings (SSSR count). The molecule has 5 nitrogen and oxygen atoms in total. The van der Waals surface area contributed by atoms with Gasteiger partial charge in [-0.15, -0.1) is 0 Å². The van der Waals surface area contributed by atoms with Gasteiger partial charge in [0.15, 0.2) is 5.78 Å². The van der Waals surface area contributed by atoms with E-state index in [0.29, 0.717) is 0 Å². The molecule has 0 unspecified atom stereocenters. The lowest BCUT2D eigenvalue weighted by Gasteiger charge is -2.70. The Morgan fingerprint density at radius 3 is 2.29 bits per heavy atom. The number of carbonyl (C=O) groups is 2. The zero-order chi connectivity index (χ0) is 28.1. The van der Waals surface area contributed by atoms with Crippen molar-refractivity contribution in [2.75, 3.05) is 20.8 Å². The fraction of sp³-hybridized carbons (Fsp3) is 0.818. The molecule has 4 fully saturated rings. The number of aliphatic hydroxyl groups excluding tert-OH is 1. The summed E-state index contributed by atoms with van der Waals surface area (Å²) in [4.78, 5) is 27.9. The monoisotopic (exact) mass is 526 g/mol. The molecule has 0 bridgehead atoms. The minimum Gasteiger partial charge on any atom is -0.469 e. The van der Waals surface area contributed by atoms with Crippen molar-refractivity contribution in [2.45, 2.75) is 99.0 Å². The lowest BCUT2D eigenvalue weighted by atomic mass is 9.33. The van der Waals surface area contributed by atoms with E-state index in [1.807, 2.05) is 6.08 Å². The van der Waals surface area contributed by atoms with Crippen molar-refractivity contribution in [1.29, 1.82) is 0 Å². The van der Waals surface area contributed by atoms with Gasteiger partial charge in [-0.25, -0.2) is 0 Å². The Bertz CT molecular complexity index is 1090. The molecule has 0 amide bonds. The van der Waals surface area contributed by atoms with Crippen molar-refractivity contribution in [2.24, 2.45) is 50.2 Å². The van der Waals surface area contributed by atoms with Crippen LogP contribution in [-0.4, -0.2) is 43.8 Å². The third-order valence-corrected chi connectivity index (χ3v) is 13.4. The predicted molar refractivity (Wildman–Crippen MR) is 148 cm³/mol. The number of aliphatic hydroxyl groups is 1. The molecule has 9 atom stereocenters. The molecule has 0 heterocycles. The third kappa shape index (κ3) is 3.30. The number of methoxy groups -OCH3 is 2. The summed E-state index contributed by atoms with van der Waals surface area (Å²) >= 11 is 0. The molecule has 5 aliphatic rings. The Morgan fingerprint density at radius 2 is 1.68 bits per heavy atom. The molecule has 4 saturated carbocycles. The normalized spacial score (nSPS) is 49.7. The van der Waals surface area contributed by atoms with Gasteiger partial charge in [0, 0.05) is 18.4 Å². The highest BCUT2D eigenvalue weighted by Gasteiger charge is 2.71. The maximum Gasteiger partial charge on any atom is 0.312 e. The van der Waals surface area contributed by atoms with Crippen LogP contribution < -0.4 is 0 Å². The molecule has 0 aromatic rings.